The Morgan fingerprint density at radius 3 is 1.92 bits per heavy atom. The number of allylic oxidation sites excluding steroid dienone is 3. The van der Waals surface area contributed by atoms with Gasteiger partial charge in [0, 0.05) is 0 Å². The van der Waals surface area contributed by atoms with Gasteiger partial charge in [-0.1, -0.05) is 62.3 Å². The van der Waals surface area contributed by atoms with E-state index in [1.165, 1.54) is 24.0 Å². The number of hydrogen-bond acceptors (Lipinski definition) is 2. The van der Waals surface area contributed by atoms with Gasteiger partial charge in [-0.3, -0.25) is 0 Å². The van der Waals surface area contributed by atoms with Gasteiger partial charge in [-0.25, -0.2) is 0 Å². The SMILES string of the molecule is C/C=C/C=C/COc1ccc(-c2ccc(OCCCCC)cc2)cc1. The molecule has 0 radical (unpaired) electrons. The van der Waals surface area contributed by atoms with Crippen molar-refractivity contribution >= 4 is 0 Å². The maximum Gasteiger partial charge on any atom is 0.119 e. The number of benzene rings is 2. The summed E-state index contributed by atoms with van der Waals surface area (Å²) in [5.74, 6) is 1.82. The summed E-state index contributed by atoms with van der Waals surface area (Å²) < 4.78 is 11.4. The molecule has 2 heteroatoms. The fourth-order valence-corrected chi connectivity index (χ4v) is 2.42. The lowest BCUT2D eigenvalue weighted by Crippen LogP contribution is -1.96. The van der Waals surface area contributed by atoms with E-state index in [1.807, 2.05) is 55.5 Å². The van der Waals surface area contributed by atoms with Gasteiger partial charge in [0.2, 0.25) is 0 Å². The summed E-state index contributed by atoms with van der Waals surface area (Å²) in [5, 5.41) is 0. The molecule has 0 saturated heterocycles. The highest BCUT2D eigenvalue weighted by Gasteiger charge is 2.00. The molecule has 0 amide bonds. The fourth-order valence-electron chi connectivity index (χ4n) is 2.42. The molecule has 0 bridgehead atoms. The summed E-state index contributed by atoms with van der Waals surface area (Å²) in [6.07, 6.45) is 11.5. The number of unbranched alkanes of at least 4 members (excludes halogenated alkanes) is 2. The van der Waals surface area contributed by atoms with Crippen molar-refractivity contribution in [3.05, 3.63) is 72.8 Å². The number of hydrogen-bond donors (Lipinski definition) is 0. The van der Waals surface area contributed by atoms with E-state index >= 15 is 0 Å². The normalized spacial score (nSPS) is 11.3. The molecule has 0 N–H and O–H groups in total. The zero-order valence-electron chi connectivity index (χ0n) is 15.3. The molecule has 0 spiro atoms. The van der Waals surface area contributed by atoms with Crippen LogP contribution in [0, 0.1) is 0 Å². The second-order valence-electron chi connectivity index (χ2n) is 5.87. The molecule has 2 rings (SSSR count). The van der Waals surface area contributed by atoms with Gasteiger partial charge in [-0.15, -0.1) is 0 Å². The van der Waals surface area contributed by atoms with Gasteiger partial charge in [0.15, 0.2) is 0 Å². The molecule has 0 aromatic heterocycles. The maximum absolute atomic E-state index is 5.76. The van der Waals surface area contributed by atoms with Crippen LogP contribution in [0.5, 0.6) is 11.5 Å². The average Bonchev–Trinajstić information content (AvgIpc) is 2.66. The molecule has 0 aliphatic rings. The van der Waals surface area contributed by atoms with Gasteiger partial charge in [-0.2, -0.15) is 0 Å². The molecule has 0 atom stereocenters. The van der Waals surface area contributed by atoms with Crippen LogP contribution in [0.15, 0.2) is 72.8 Å². The minimum atomic E-state index is 0.577. The Bertz CT molecular complexity index is 651. The van der Waals surface area contributed by atoms with Crippen LogP contribution in [0.4, 0.5) is 0 Å². The smallest absolute Gasteiger partial charge is 0.119 e. The van der Waals surface area contributed by atoms with E-state index in [0.717, 1.165) is 24.5 Å². The van der Waals surface area contributed by atoms with E-state index in [4.69, 9.17) is 9.47 Å². The first kappa shape index (κ1) is 18.9. The summed E-state index contributed by atoms with van der Waals surface area (Å²) in [6, 6.07) is 16.5. The molecular formula is C23H28O2. The Balaban J connectivity index is 1.86. The summed E-state index contributed by atoms with van der Waals surface area (Å²) in [4.78, 5) is 0. The molecule has 25 heavy (non-hydrogen) atoms. The first-order valence-electron chi connectivity index (χ1n) is 9.07. The van der Waals surface area contributed by atoms with Gasteiger partial charge < -0.3 is 9.47 Å². The lowest BCUT2D eigenvalue weighted by molar-refractivity contribution is 0.306. The van der Waals surface area contributed by atoms with Crippen LogP contribution >= 0.6 is 0 Å². The molecule has 0 aliphatic heterocycles. The molecule has 0 fully saturated rings. The van der Waals surface area contributed by atoms with E-state index in [1.54, 1.807) is 0 Å². The van der Waals surface area contributed by atoms with Gasteiger partial charge in [0.05, 0.1) is 6.61 Å². The minimum absolute atomic E-state index is 0.577. The Morgan fingerprint density at radius 2 is 1.36 bits per heavy atom. The number of rotatable bonds is 10. The Labute approximate surface area is 151 Å². The first-order chi connectivity index (χ1) is 12.3. The van der Waals surface area contributed by atoms with Crippen LogP contribution < -0.4 is 9.47 Å². The second kappa shape index (κ2) is 11.1. The van der Waals surface area contributed by atoms with Crippen molar-refractivity contribution in [2.75, 3.05) is 13.2 Å². The van der Waals surface area contributed by atoms with Crippen molar-refractivity contribution in [2.24, 2.45) is 0 Å². The van der Waals surface area contributed by atoms with E-state index in [0.29, 0.717) is 6.61 Å². The predicted molar refractivity (Wildman–Crippen MR) is 106 cm³/mol. The van der Waals surface area contributed by atoms with Crippen LogP contribution in [-0.4, -0.2) is 13.2 Å². The first-order valence-corrected chi connectivity index (χ1v) is 9.07. The maximum atomic E-state index is 5.76. The largest absolute Gasteiger partial charge is 0.494 e. The van der Waals surface area contributed by atoms with Crippen LogP contribution in [0.25, 0.3) is 11.1 Å². The summed E-state index contributed by atoms with van der Waals surface area (Å²) in [6.45, 7) is 5.57. The molecule has 2 aromatic carbocycles. The van der Waals surface area contributed by atoms with Crippen molar-refractivity contribution in [3.63, 3.8) is 0 Å². The molecule has 0 unspecified atom stereocenters. The second-order valence-corrected chi connectivity index (χ2v) is 5.87. The lowest BCUT2D eigenvalue weighted by atomic mass is 10.1. The van der Waals surface area contributed by atoms with Crippen molar-refractivity contribution < 1.29 is 9.47 Å². The lowest BCUT2D eigenvalue weighted by Gasteiger charge is -2.08. The molecule has 0 saturated carbocycles. The summed E-state index contributed by atoms with van der Waals surface area (Å²) in [7, 11) is 0. The van der Waals surface area contributed by atoms with Crippen molar-refractivity contribution in [1.82, 2.24) is 0 Å². The van der Waals surface area contributed by atoms with Crippen LogP contribution in [0.3, 0.4) is 0 Å². The van der Waals surface area contributed by atoms with Gasteiger partial charge in [0.25, 0.3) is 0 Å². The quantitative estimate of drug-likeness (QED) is 0.367. The molecule has 2 aromatic rings. The van der Waals surface area contributed by atoms with E-state index < -0.39 is 0 Å². The van der Waals surface area contributed by atoms with Gasteiger partial charge >= 0.3 is 0 Å². The zero-order valence-corrected chi connectivity index (χ0v) is 15.3. The Morgan fingerprint density at radius 1 is 0.760 bits per heavy atom. The summed E-state index contributed by atoms with van der Waals surface area (Å²) >= 11 is 0. The third-order valence-corrected chi connectivity index (χ3v) is 3.84. The highest BCUT2D eigenvalue weighted by molar-refractivity contribution is 5.64. The predicted octanol–water partition coefficient (Wildman–Crippen LogP) is 6.43. The van der Waals surface area contributed by atoms with Crippen LogP contribution in [0.2, 0.25) is 0 Å². The Hall–Kier alpha value is -2.48. The average molecular weight is 336 g/mol. The van der Waals surface area contributed by atoms with Crippen molar-refractivity contribution in [3.8, 4) is 22.6 Å². The third kappa shape index (κ3) is 6.88. The fraction of sp³-hybridized carbons (Fsp3) is 0.304. The molecule has 2 nitrogen and oxygen atoms in total. The molecule has 132 valence electrons. The number of ether oxygens (including phenoxy) is 2. The van der Waals surface area contributed by atoms with Crippen molar-refractivity contribution in [1.29, 1.82) is 0 Å². The molecular weight excluding hydrogens is 308 g/mol. The minimum Gasteiger partial charge on any atom is -0.494 e. The Kier molecular flexibility index (Phi) is 8.40. The monoisotopic (exact) mass is 336 g/mol. The third-order valence-electron chi connectivity index (χ3n) is 3.84. The van der Waals surface area contributed by atoms with Gasteiger partial charge in [0.1, 0.15) is 18.1 Å². The molecule has 0 heterocycles. The van der Waals surface area contributed by atoms with E-state index in [9.17, 15) is 0 Å². The van der Waals surface area contributed by atoms with E-state index in [2.05, 4.69) is 31.2 Å². The topological polar surface area (TPSA) is 18.5 Å². The van der Waals surface area contributed by atoms with Crippen LogP contribution in [0.1, 0.15) is 33.1 Å². The van der Waals surface area contributed by atoms with Crippen LogP contribution in [-0.2, 0) is 0 Å². The van der Waals surface area contributed by atoms with Crippen molar-refractivity contribution in [2.45, 2.75) is 33.1 Å². The standard InChI is InChI=1S/C23H28O2/c1-3-5-7-9-19-25-23-16-12-21(13-17-23)20-10-14-22(15-11-20)24-18-8-6-4-2/h3,5,7,9-17H,4,6,8,18-19H2,1-2H3/b5-3+,9-7+. The van der Waals surface area contributed by atoms with E-state index in [-0.39, 0.29) is 0 Å². The molecule has 0 aliphatic carbocycles. The zero-order chi connectivity index (χ0) is 17.7. The van der Waals surface area contributed by atoms with Gasteiger partial charge in [-0.05, 0) is 54.8 Å². The highest BCUT2D eigenvalue weighted by atomic mass is 16.5. The highest BCUT2D eigenvalue weighted by Crippen LogP contribution is 2.24. The summed E-state index contributed by atoms with van der Waals surface area (Å²) in [5.41, 5.74) is 2.36.